The van der Waals surface area contributed by atoms with Gasteiger partial charge in [0.05, 0.1) is 13.2 Å². The number of hydrogen-bond donors (Lipinski definition) is 2. The Balaban J connectivity index is 1.46. The van der Waals surface area contributed by atoms with Crippen LogP contribution in [0.1, 0.15) is 31.2 Å². The monoisotopic (exact) mass is 346 g/mol. The lowest BCUT2D eigenvalue weighted by molar-refractivity contribution is -0.137. The van der Waals surface area contributed by atoms with Crippen LogP contribution in [0.25, 0.3) is 0 Å². The number of carbonyl (C=O) groups excluding carboxylic acids is 2. The smallest absolute Gasteiger partial charge is 0.235 e. The summed E-state index contributed by atoms with van der Waals surface area (Å²) in [5.41, 5.74) is 0.164. The van der Waals surface area contributed by atoms with Gasteiger partial charge in [-0.25, -0.2) is 0 Å². The molecule has 1 aliphatic heterocycles. The lowest BCUT2D eigenvalue weighted by atomic mass is 10.0. The van der Waals surface area contributed by atoms with Gasteiger partial charge in [0.2, 0.25) is 11.8 Å². The van der Waals surface area contributed by atoms with Crippen molar-refractivity contribution in [2.24, 2.45) is 5.41 Å². The van der Waals surface area contributed by atoms with Crippen LogP contribution < -0.4 is 15.4 Å². The maximum atomic E-state index is 12.5. The molecule has 136 valence electrons. The average Bonchev–Trinajstić information content (AvgIpc) is 3.29. The quantitative estimate of drug-likeness (QED) is 0.698. The molecule has 2 fully saturated rings. The first-order valence-corrected chi connectivity index (χ1v) is 8.96. The van der Waals surface area contributed by atoms with E-state index >= 15 is 0 Å². The van der Waals surface area contributed by atoms with Gasteiger partial charge in [-0.05, 0) is 43.7 Å². The maximum Gasteiger partial charge on any atom is 0.235 e. The van der Waals surface area contributed by atoms with Crippen molar-refractivity contribution in [1.82, 2.24) is 10.6 Å². The number of rotatable bonds is 8. The van der Waals surface area contributed by atoms with Gasteiger partial charge in [-0.1, -0.05) is 18.2 Å². The number of para-hydroxylation sites is 1. The Bertz CT molecular complexity index is 622. The summed E-state index contributed by atoms with van der Waals surface area (Å²) < 4.78 is 10.8. The highest BCUT2D eigenvalue weighted by Gasteiger charge is 2.56. The number of benzene rings is 1. The summed E-state index contributed by atoms with van der Waals surface area (Å²) in [5, 5.41) is 5.80. The molecule has 0 radical (unpaired) electrons. The Kier molecular flexibility index (Phi) is 5.58. The molecule has 1 atom stereocenters. The van der Waals surface area contributed by atoms with Crippen molar-refractivity contribution in [3.05, 3.63) is 29.8 Å². The van der Waals surface area contributed by atoms with E-state index in [2.05, 4.69) is 10.6 Å². The summed E-state index contributed by atoms with van der Waals surface area (Å²) in [5.74, 6) is 0.470. The minimum Gasteiger partial charge on any atom is -0.496 e. The number of methoxy groups -OCH3 is 1. The Morgan fingerprint density at radius 2 is 2.00 bits per heavy atom. The Morgan fingerprint density at radius 3 is 2.68 bits per heavy atom. The van der Waals surface area contributed by atoms with Crippen molar-refractivity contribution in [1.29, 1.82) is 0 Å². The second-order valence-electron chi connectivity index (χ2n) is 6.74. The van der Waals surface area contributed by atoms with E-state index in [1.165, 1.54) is 0 Å². The van der Waals surface area contributed by atoms with Crippen LogP contribution in [0.3, 0.4) is 0 Å². The summed E-state index contributed by atoms with van der Waals surface area (Å²) in [6, 6.07) is 7.74. The van der Waals surface area contributed by atoms with Gasteiger partial charge in [-0.3, -0.25) is 9.59 Å². The first kappa shape index (κ1) is 17.7. The third-order valence-corrected chi connectivity index (χ3v) is 5.01. The van der Waals surface area contributed by atoms with Crippen molar-refractivity contribution in [3.8, 4) is 5.75 Å². The predicted molar refractivity (Wildman–Crippen MR) is 93.4 cm³/mol. The van der Waals surface area contributed by atoms with Crippen molar-refractivity contribution in [2.75, 3.05) is 26.8 Å². The first-order chi connectivity index (χ1) is 12.2. The summed E-state index contributed by atoms with van der Waals surface area (Å²) in [6.45, 7) is 1.74. The van der Waals surface area contributed by atoms with Crippen LogP contribution in [0.5, 0.6) is 5.75 Å². The van der Waals surface area contributed by atoms with E-state index in [1.54, 1.807) is 7.11 Å². The molecule has 2 amide bonds. The van der Waals surface area contributed by atoms with Gasteiger partial charge in [0.15, 0.2) is 0 Å². The molecular weight excluding hydrogens is 320 g/mol. The maximum absolute atomic E-state index is 12.5. The lowest BCUT2D eigenvalue weighted by Crippen LogP contribution is -2.45. The fraction of sp³-hybridized carbons (Fsp3) is 0.579. The predicted octanol–water partition coefficient (Wildman–Crippen LogP) is 1.43. The average molecular weight is 346 g/mol. The standard InChI is InChI=1S/C19H26N2O4/c1-24-16-7-3-2-5-14(16)8-11-20-17(22)19(9-10-19)18(23)21-13-15-6-4-12-25-15/h2-3,5,7,15H,4,6,8-13H2,1H3,(H,20,22)(H,21,23). The van der Waals surface area contributed by atoms with E-state index in [1.807, 2.05) is 24.3 Å². The van der Waals surface area contributed by atoms with Crippen LogP contribution in [-0.2, 0) is 20.7 Å². The third-order valence-electron chi connectivity index (χ3n) is 5.01. The molecule has 6 nitrogen and oxygen atoms in total. The Morgan fingerprint density at radius 1 is 1.24 bits per heavy atom. The largest absolute Gasteiger partial charge is 0.496 e. The highest BCUT2D eigenvalue weighted by molar-refractivity contribution is 6.07. The topological polar surface area (TPSA) is 76.7 Å². The van der Waals surface area contributed by atoms with Crippen LogP contribution in [0.15, 0.2) is 24.3 Å². The molecular formula is C19H26N2O4. The van der Waals surface area contributed by atoms with Gasteiger partial charge in [-0.2, -0.15) is 0 Å². The Labute approximate surface area is 148 Å². The number of amides is 2. The van der Waals surface area contributed by atoms with Crippen LogP contribution in [0.2, 0.25) is 0 Å². The summed E-state index contributed by atoms with van der Waals surface area (Å²) in [7, 11) is 1.63. The third kappa shape index (κ3) is 4.12. The zero-order valence-corrected chi connectivity index (χ0v) is 14.7. The van der Waals surface area contributed by atoms with Crippen molar-refractivity contribution in [2.45, 2.75) is 38.2 Å². The molecule has 1 aliphatic carbocycles. The van der Waals surface area contributed by atoms with Crippen LogP contribution in [0, 0.1) is 5.41 Å². The molecule has 0 bridgehead atoms. The normalized spacial score (nSPS) is 20.8. The summed E-state index contributed by atoms with van der Waals surface area (Å²) in [6.07, 6.45) is 4.00. The van der Waals surface area contributed by atoms with Crippen LogP contribution in [0.4, 0.5) is 0 Å². The Hall–Kier alpha value is -2.08. The van der Waals surface area contributed by atoms with Gasteiger partial charge in [0, 0.05) is 19.7 Å². The molecule has 2 aliphatic rings. The van der Waals surface area contributed by atoms with Crippen molar-refractivity contribution < 1.29 is 19.1 Å². The summed E-state index contributed by atoms with van der Waals surface area (Å²) in [4.78, 5) is 24.9. The van der Waals surface area contributed by atoms with E-state index in [9.17, 15) is 9.59 Å². The van der Waals surface area contributed by atoms with Gasteiger partial charge in [0.25, 0.3) is 0 Å². The fourth-order valence-electron chi connectivity index (χ4n) is 3.25. The first-order valence-electron chi connectivity index (χ1n) is 8.96. The number of ether oxygens (including phenoxy) is 2. The second-order valence-corrected chi connectivity index (χ2v) is 6.74. The molecule has 0 aromatic heterocycles. The molecule has 1 aromatic carbocycles. The van der Waals surface area contributed by atoms with E-state index in [-0.39, 0.29) is 17.9 Å². The van der Waals surface area contributed by atoms with Gasteiger partial charge >= 0.3 is 0 Å². The zero-order chi connectivity index (χ0) is 17.7. The molecule has 2 N–H and O–H groups in total. The minimum absolute atomic E-state index is 0.0911. The number of carbonyl (C=O) groups is 2. The molecule has 1 saturated carbocycles. The van der Waals surface area contributed by atoms with E-state index in [0.29, 0.717) is 32.4 Å². The van der Waals surface area contributed by atoms with Gasteiger partial charge in [0.1, 0.15) is 11.2 Å². The van der Waals surface area contributed by atoms with Crippen molar-refractivity contribution in [3.63, 3.8) is 0 Å². The highest BCUT2D eigenvalue weighted by atomic mass is 16.5. The SMILES string of the molecule is COc1ccccc1CCNC(=O)C1(C(=O)NCC2CCCO2)CC1. The second kappa shape index (κ2) is 7.87. The van der Waals surface area contributed by atoms with E-state index < -0.39 is 5.41 Å². The molecule has 1 aromatic rings. The van der Waals surface area contributed by atoms with Crippen molar-refractivity contribution >= 4 is 11.8 Å². The molecule has 6 heteroatoms. The highest BCUT2D eigenvalue weighted by Crippen LogP contribution is 2.46. The number of nitrogens with one attached hydrogen (secondary N) is 2. The van der Waals surface area contributed by atoms with E-state index in [4.69, 9.17) is 9.47 Å². The fourth-order valence-corrected chi connectivity index (χ4v) is 3.25. The summed E-state index contributed by atoms with van der Waals surface area (Å²) >= 11 is 0. The van der Waals surface area contributed by atoms with Crippen LogP contribution >= 0.6 is 0 Å². The zero-order valence-electron chi connectivity index (χ0n) is 14.7. The van der Waals surface area contributed by atoms with Gasteiger partial charge < -0.3 is 20.1 Å². The molecule has 0 spiro atoms. The lowest BCUT2D eigenvalue weighted by Gasteiger charge is -2.17. The minimum atomic E-state index is -0.876. The number of hydrogen-bond acceptors (Lipinski definition) is 4. The molecule has 1 heterocycles. The molecule has 3 rings (SSSR count). The molecule has 1 saturated heterocycles. The van der Waals surface area contributed by atoms with E-state index in [0.717, 1.165) is 30.8 Å². The van der Waals surface area contributed by atoms with Gasteiger partial charge in [-0.15, -0.1) is 0 Å². The molecule has 25 heavy (non-hydrogen) atoms. The van der Waals surface area contributed by atoms with Crippen LogP contribution in [-0.4, -0.2) is 44.7 Å². The molecule has 1 unspecified atom stereocenters.